The van der Waals surface area contributed by atoms with Crippen LogP contribution < -0.4 is 5.32 Å². The Labute approximate surface area is 129 Å². The maximum Gasteiger partial charge on any atom is 0.0516 e. The highest BCUT2D eigenvalue weighted by molar-refractivity contribution is 7.10. The van der Waals surface area contributed by atoms with E-state index in [4.69, 9.17) is 11.6 Å². The van der Waals surface area contributed by atoms with Gasteiger partial charge in [0.1, 0.15) is 0 Å². The van der Waals surface area contributed by atoms with Crippen LogP contribution in [0.1, 0.15) is 16.9 Å². The van der Waals surface area contributed by atoms with Crippen molar-refractivity contribution in [2.24, 2.45) is 0 Å². The van der Waals surface area contributed by atoms with Crippen molar-refractivity contribution in [1.29, 1.82) is 0 Å². The van der Waals surface area contributed by atoms with Gasteiger partial charge >= 0.3 is 0 Å². The lowest BCUT2D eigenvalue weighted by molar-refractivity contribution is 0.320. The minimum Gasteiger partial charge on any atom is -0.308 e. The molecule has 2 nitrogen and oxygen atoms in total. The fraction of sp³-hybridized carbons (Fsp3) is 0.375. The fourth-order valence-corrected chi connectivity index (χ4v) is 3.70. The summed E-state index contributed by atoms with van der Waals surface area (Å²) in [6.45, 7) is 4.30. The van der Waals surface area contributed by atoms with Crippen LogP contribution >= 0.6 is 22.9 Å². The van der Waals surface area contributed by atoms with Gasteiger partial charge in [0, 0.05) is 42.5 Å². The van der Waals surface area contributed by atoms with Gasteiger partial charge in [0.05, 0.1) is 5.02 Å². The number of halogens is 1. The van der Waals surface area contributed by atoms with E-state index >= 15 is 0 Å². The number of thiophene rings is 1. The number of rotatable bonds is 5. The van der Waals surface area contributed by atoms with Gasteiger partial charge < -0.3 is 5.32 Å². The van der Waals surface area contributed by atoms with E-state index in [9.17, 15) is 0 Å². The molecule has 3 rings (SSSR count). The van der Waals surface area contributed by atoms with Crippen LogP contribution in [0.5, 0.6) is 0 Å². The number of hydrogen-bond acceptors (Lipinski definition) is 3. The van der Waals surface area contributed by atoms with Crippen molar-refractivity contribution < 1.29 is 0 Å². The predicted octanol–water partition coefficient (Wildman–Crippen LogP) is 3.77. The third kappa shape index (κ3) is 3.83. The molecule has 0 aliphatic carbocycles. The third-order valence-corrected chi connectivity index (χ3v) is 4.99. The Balaban J connectivity index is 1.45. The SMILES string of the molecule is Clc1csc(CNC2CCN(Cc3ccccc3)C2)c1. The van der Waals surface area contributed by atoms with Gasteiger partial charge in [-0.05, 0) is 18.1 Å². The Morgan fingerprint density at radius 3 is 2.90 bits per heavy atom. The van der Waals surface area contributed by atoms with E-state index in [2.05, 4.69) is 46.6 Å². The molecule has 1 N–H and O–H groups in total. The Morgan fingerprint density at radius 1 is 1.30 bits per heavy atom. The molecule has 1 aliphatic rings. The molecule has 4 heteroatoms. The molecule has 2 heterocycles. The summed E-state index contributed by atoms with van der Waals surface area (Å²) in [5, 5.41) is 6.48. The molecule has 0 amide bonds. The molecule has 1 fully saturated rings. The van der Waals surface area contributed by atoms with E-state index < -0.39 is 0 Å². The van der Waals surface area contributed by atoms with Gasteiger partial charge in [-0.1, -0.05) is 41.9 Å². The molecule has 1 saturated heterocycles. The molecule has 20 heavy (non-hydrogen) atoms. The Morgan fingerprint density at radius 2 is 2.15 bits per heavy atom. The van der Waals surface area contributed by atoms with E-state index in [1.807, 2.05) is 5.38 Å². The first-order valence-corrected chi connectivity index (χ1v) is 8.28. The lowest BCUT2D eigenvalue weighted by Crippen LogP contribution is -2.31. The van der Waals surface area contributed by atoms with Crippen LogP contribution in [0.25, 0.3) is 0 Å². The smallest absolute Gasteiger partial charge is 0.0516 e. The van der Waals surface area contributed by atoms with Gasteiger partial charge in [0.15, 0.2) is 0 Å². The van der Waals surface area contributed by atoms with Gasteiger partial charge in [-0.3, -0.25) is 4.90 Å². The van der Waals surface area contributed by atoms with Crippen LogP contribution in [0.2, 0.25) is 5.02 Å². The summed E-state index contributed by atoms with van der Waals surface area (Å²) in [5.41, 5.74) is 1.40. The Kier molecular flexibility index (Phi) is 4.73. The van der Waals surface area contributed by atoms with Gasteiger partial charge in [-0.15, -0.1) is 11.3 Å². The van der Waals surface area contributed by atoms with Crippen molar-refractivity contribution in [3.63, 3.8) is 0 Å². The van der Waals surface area contributed by atoms with Crippen LogP contribution in [-0.2, 0) is 13.1 Å². The first kappa shape index (κ1) is 14.1. The van der Waals surface area contributed by atoms with E-state index in [0.29, 0.717) is 6.04 Å². The molecule has 1 aliphatic heterocycles. The van der Waals surface area contributed by atoms with E-state index in [1.165, 1.54) is 23.4 Å². The first-order valence-electron chi connectivity index (χ1n) is 7.02. The monoisotopic (exact) mass is 306 g/mol. The summed E-state index contributed by atoms with van der Waals surface area (Å²) in [6.07, 6.45) is 1.23. The topological polar surface area (TPSA) is 15.3 Å². The summed E-state index contributed by atoms with van der Waals surface area (Å²) >= 11 is 7.67. The molecule has 106 valence electrons. The van der Waals surface area contributed by atoms with Crippen LogP contribution in [0.15, 0.2) is 41.8 Å². The molecule has 1 aromatic carbocycles. The largest absolute Gasteiger partial charge is 0.308 e. The molecule has 1 unspecified atom stereocenters. The second kappa shape index (κ2) is 6.72. The van der Waals surface area contributed by atoms with E-state index in [0.717, 1.165) is 24.7 Å². The summed E-state index contributed by atoms with van der Waals surface area (Å²) in [5.74, 6) is 0. The lowest BCUT2D eigenvalue weighted by Gasteiger charge is -2.16. The maximum atomic E-state index is 5.94. The lowest BCUT2D eigenvalue weighted by atomic mass is 10.2. The molecule has 0 saturated carbocycles. The number of nitrogens with one attached hydrogen (secondary N) is 1. The molecule has 0 radical (unpaired) electrons. The van der Waals surface area contributed by atoms with E-state index in [-0.39, 0.29) is 0 Å². The molecule has 0 spiro atoms. The molecule has 2 aromatic rings. The van der Waals surface area contributed by atoms with Crippen molar-refractivity contribution in [3.8, 4) is 0 Å². The number of hydrogen-bond donors (Lipinski definition) is 1. The number of benzene rings is 1. The van der Waals surface area contributed by atoms with Crippen molar-refractivity contribution in [3.05, 3.63) is 57.2 Å². The molecule has 1 aromatic heterocycles. The van der Waals surface area contributed by atoms with E-state index in [1.54, 1.807) is 11.3 Å². The molecule has 1 atom stereocenters. The highest BCUT2D eigenvalue weighted by atomic mass is 35.5. The zero-order valence-electron chi connectivity index (χ0n) is 11.4. The normalized spacial score (nSPS) is 19.6. The van der Waals surface area contributed by atoms with Gasteiger partial charge in [-0.25, -0.2) is 0 Å². The highest BCUT2D eigenvalue weighted by Gasteiger charge is 2.21. The zero-order valence-corrected chi connectivity index (χ0v) is 13.0. The molecular formula is C16H19ClN2S. The third-order valence-electron chi connectivity index (χ3n) is 3.71. The van der Waals surface area contributed by atoms with Crippen molar-refractivity contribution in [1.82, 2.24) is 10.2 Å². The standard InChI is InChI=1S/C16H19ClN2S/c17-14-8-16(20-12-14)9-18-15-6-7-19(11-15)10-13-4-2-1-3-5-13/h1-5,8,12,15,18H,6-7,9-11H2. The molecular weight excluding hydrogens is 288 g/mol. The average Bonchev–Trinajstić information content (AvgIpc) is 3.07. The van der Waals surface area contributed by atoms with Crippen molar-refractivity contribution in [2.45, 2.75) is 25.6 Å². The van der Waals surface area contributed by atoms with Gasteiger partial charge in [0.25, 0.3) is 0 Å². The van der Waals surface area contributed by atoms with Crippen LogP contribution in [0.3, 0.4) is 0 Å². The highest BCUT2D eigenvalue weighted by Crippen LogP contribution is 2.20. The summed E-state index contributed by atoms with van der Waals surface area (Å²) in [6, 6.07) is 13.4. The van der Waals surface area contributed by atoms with Crippen LogP contribution in [0, 0.1) is 0 Å². The average molecular weight is 307 g/mol. The number of nitrogens with zero attached hydrogens (tertiary/aromatic N) is 1. The number of likely N-dealkylation sites (tertiary alicyclic amines) is 1. The van der Waals surface area contributed by atoms with Gasteiger partial charge in [-0.2, -0.15) is 0 Å². The van der Waals surface area contributed by atoms with Crippen molar-refractivity contribution in [2.75, 3.05) is 13.1 Å². The summed E-state index contributed by atoms with van der Waals surface area (Å²) < 4.78 is 0. The second-order valence-electron chi connectivity index (χ2n) is 5.32. The minimum atomic E-state index is 0.597. The fourth-order valence-electron chi connectivity index (χ4n) is 2.68. The molecule has 0 bridgehead atoms. The minimum absolute atomic E-state index is 0.597. The van der Waals surface area contributed by atoms with Crippen LogP contribution in [0.4, 0.5) is 0 Å². The summed E-state index contributed by atoms with van der Waals surface area (Å²) in [4.78, 5) is 3.84. The Bertz CT molecular complexity index is 540. The zero-order chi connectivity index (χ0) is 13.8. The Hall–Kier alpha value is -0.870. The van der Waals surface area contributed by atoms with Crippen LogP contribution in [-0.4, -0.2) is 24.0 Å². The predicted molar refractivity (Wildman–Crippen MR) is 86.3 cm³/mol. The van der Waals surface area contributed by atoms with Gasteiger partial charge in [0.2, 0.25) is 0 Å². The summed E-state index contributed by atoms with van der Waals surface area (Å²) in [7, 11) is 0. The maximum absolute atomic E-state index is 5.94. The quantitative estimate of drug-likeness (QED) is 0.904. The first-order chi connectivity index (χ1) is 9.79. The van der Waals surface area contributed by atoms with Crippen molar-refractivity contribution >= 4 is 22.9 Å². The second-order valence-corrected chi connectivity index (χ2v) is 6.75.